The molecule has 16 heavy (non-hydrogen) atoms. The first-order chi connectivity index (χ1) is 7.81. The summed E-state index contributed by atoms with van der Waals surface area (Å²) in [6.07, 6.45) is 6.55. The van der Waals surface area contributed by atoms with Gasteiger partial charge in [0.2, 0.25) is 0 Å². The van der Waals surface area contributed by atoms with Crippen LogP contribution in [0.3, 0.4) is 0 Å². The lowest BCUT2D eigenvalue weighted by Gasteiger charge is -2.22. The second-order valence-corrected chi connectivity index (χ2v) is 4.65. The van der Waals surface area contributed by atoms with Crippen LogP contribution in [0.15, 0.2) is 24.3 Å². The fourth-order valence-corrected chi connectivity index (χ4v) is 2.51. The molecular formula is C13H21N3. The molecule has 1 aliphatic carbocycles. The van der Waals surface area contributed by atoms with Crippen molar-refractivity contribution in [3.05, 3.63) is 35.4 Å². The van der Waals surface area contributed by atoms with Gasteiger partial charge in [0.1, 0.15) is 0 Å². The van der Waals surface area contributed by atoms with Crippen LogP contribution < -0.4 is 17.0 Å². The molecule has 1 aromatic rings. The number of rotatable bonds is 3. The number of benzene rings is 1. The maximum Gasteiger partial charge on any atom is 0.0935 e. The molecule has 0 aromatic heterocycles. The van der Waals surface area contributed by atoms with Gasteiger partial charge in [-0.15, -0.1) is 0 Å². The monoisotopic (exact) mass is 219 g/mol. The van der Waals surface area contributed by atoms with Crippen molar-refractivity contribution in [2.45, 2.75) is 44.2 Å². The van der Waals surface area contributed by atoms with E-state index in [0.29, 0.717) is 0 Å². The smallest absolute Gasteiger partial charge is 0.0935 e. The third-order valence-electron chi connectivity index (χ3n) is 3.55. The van der Waals surface area contributed by atoms with Crippen LogP contribution in [0.4, 0.5) is 0 Å². The Morgan fingerprint density at radius 3 is 2.25 bits per heavy atom. The van der Waals surface area contributed by atoms with Crippen molar-refractivity contribution < 1.29 is 0 Å². The minimum Gasteiger partial charge on any atom is -0.311 e. The fraction of sp³-hybridized carbons (Fsp3) is 0.538. The van der Waals surface area contributed by atoms with Crippen LogP contribution in [0.25, 0.3) is 0 Å². The van der Waals surface area contributed by atoms with Gasteiger partial charge in [0, 0.05) is 0 Å². The van der Waals surface area contributed by atoms with Crippen molar-refractivity contribution in [2.75, 3.05) is 0 Å². The van der Waals surface area contributed by atoms with Gasteiger partial charge in [0.05, 0.1) is 6.17 Å². The quantitative estimate of drug-likeness (QED) is 0.414. The van der Waals surface area contributed by atoms with Gasteiger partial charge in [-0.25, -0.2) is 5.43 Å². The van der Waals surface area contributed by atoms with Gasteiger partial charge in [0.25, 0.3) is 0 Å². The zero-order valence-corrected chi connectivity index (χ0v) is 9.65. The zero-order chi connectivity index (χ0) is 11.4. The van der Waals surface area contributed by atoms with Crippen molar-refractivity contribution in [2.24, 2.45) is 11.6 Å². The SMILES string of the molecule is NNC(N)c1ccc(C2CCCCC2)cc1. The average Bonchev–Trinajstić information content (AvgIpc) is 2.39. The summed E-state index contributed by atoms with van der Waals surface area (Å²) in [4.78, 5) is 0. The molecule has 88 valence electrons. The highest BCUT2D eigenvalue weighted by atomic mass is 15.3. The van der Waals surface area contributed by atoms with Crippen molar-refractivity contribution in [1.29, 1.82) is 0 Å². The van der Waals surface area contributed by atoms with Crippen LogP contribution in [-0.2, 0) is 0 Å². The molecule has 0 spiro atoms. The Labute approximate surface area is 97.2 Å². The minimum absolute atomic E-state index is 0.264. The molecule has 0 heterocycles. The maximum atomic E-state index is 5.79. The van der Waals surface area contributed by atoms with E-state index in [-0.39, 0.29) is 6.17 Å². The highest BCUT2D eigenvalue weighted by Crippen LogP contribution is 2.32. The first-order valence-corrected chi connectivity index (χ1v) is 6.13. The van der Waals surface area contributed by atoms with Crippen molar-refractivity contribution >= 4 is 0 Å². The standard InChI is InChI=1S/C13H21N3/c14-13(16-15)12-8-6-11(7-9-12)10-4-2-1-3-5-10/h6-10,13,16H,1-5,14-15H2. The molecule has 2 rings (SSSR count). The Kier molecular flexibility index (Phi) is 3.93. The first kappa shape index (κ1) is 11.6. The zero-order valence-electron chi connectivity index (χ0n) is 9.65. The molecule has 0 amide bonds. The molecule has 0 aliphatic heterocycles. The molecular weight excluding hydrogens is 198 g/mol. The topological polar surface area (TPSA) is 64.1 Å². The van der Waals surface area contributed by atoms with E-state index in [1.54, 1.807) is 0 Å². The van der Waals surface area contributed by atoms with Gasteiger partial charge in [-0.3, -0.25) is 5.84 Å². The van der Waals surface area contributed by atoms with Crippen LogP contribution >= 0.6 is 0 Å². The van der Waals surface area contributed by atoms with E-state index in [1.807, 2.05) is 0 Å². The molecule has 0 saturated heterocycles. The second-order valence-electron chi connectivity index (χ2n) is 4.65. The summed E-state index contributed by atoms with van der Waals surface area (Å²) in [5.74, 6) is 6.06. The number of hydrogen-bond acceptors (Lipinski definition) is 3. The largest absolute Gasteiger partial charge is 0.311 e. The predicted molar refractivity (Wildman–Crippen MR) is 66.5 cm³/mol. The molecule has 0 bridgehead atoms. The molecule has 1 saturated carbocycles. The van der Waals surface area contributed by atoms with Crippen LogP contribution in [0.1, 0.15) is 55.3 Å². The normalized spacial score (nSPS) is 19.6. The summed E-state index contributed by atoms with van der Waals surface area (Å²) in [6, 6.07) is 8.55. The Bertz CT molecular complexity index is 314. The number of nitrogens with one attached hydrogen (secondary N) is 1. The molecule has 1 atom stereocenters. The molecule has 1 unspecified atom stereocenters. The van der Waals surface area contributed by atoms with E-state index in [2.05, 4.69) is 29.7 Å². The predicted octanol–water partition coefficient (Wildman–Crippen LogP) is 2.15. The Balaban J connectivity index is 2.06. The molecule has 1 aliphatic rings. The fourth-order valence-electron chi connectivity index (χ4n) is 2.51. The van der Waals surface area contributed by atoms with Gasteiger partial charge in [-0.05, 0) is 29.9 Å². The van der Waals surface area contributed by atoms with Gasteiger partial charge in [-0.1, -0.05) is 43.5 Å². The Morgan fingerprint density at radius 1 is 1.06 bits per heavy atom. The van der Waals surface area contributed by atoms with Gasteiger partial charge >= 0.3 is 0 Å². The summed E-state index contributed by atoms with van der Waals surface area (Å²) >= 11 is 0. The van der Waals surface area contributed by atoms with Gasteiger partial charge in [-0.2, -0.15) is 0 Å². The van der Waals surface area contributed by atoms with E-state index in [9.17, 15) is 0 Å². The van der Waals surface area contributed by atoms with Gasteiger partial charge < -0.3 is 5.73 Å². The molecule has 1 fully saturated rings. The average molecular weight is 219 g/mol. The maximum absolute atomic E-state index is 5.79. The van der Waals surface area contributed by atoms with Crippen molar-refractivity contribution in [1.82, 2.24) is 5.43 Å². The number of hydrogen-bond donors (Lipinski definition) is 3. The summed E-state index contributed by atoms with van der Waals surface area (Å²) < 4.78 is 0. The van der Waals surface area contributed by atoms with Crippen LogP contribution in [0.2, 0.25) is 0 Å². The third kappa shape index (κ3) is 2.61. The van der Waals surface area contributed by atoms with Crippen LogP contribution in [0, 0.1) is 0 Å². The van der Waals surface area contributed by atoms with E-state index in [1.165, 1.54) is 37.7 Å². The molecule has 0 radical (unpaired) electrons. The van der Waals surface area contributed by atoms with Crippen molar-refractivity contribution in [3.63, 3.8) is 0 Å². The van der Waals surface area contributed by atoms with E-state index < -0.39 is 0 Å². The summed E-state index contributed by atoms with van der Waals surface area (Å²) in [6.45, 7) is 0. The third-order valence-corrected chi connectivity index (χ3v) is 3.55. The van der Waals surface area contributed by atoms with Crippen molar-refractivity contribution in [3.8, 4) is 0 Å². The Morgan fingerprint density at radius 2 is 1.69 bits per heavy atom. The van der Waals surface area contributed by atoms with Crippen LogP contribution in [-0.4, -0.2) is 0 Å². The minimum atomic E-state index is -0.264. The molecule has 3 nitrogen and oxygen atoms in total. The Hall–Kier alpha value is -0.900. The van der Waals surface area contributed by atoms with Crippen LogP contribution in [0.5, 0.6) is 0 Å². The first-order valence-electron chi connectivity index (χ1n) is 6.13. The lowest BCUT2D eigenvalue weighted by Crippen LogP contribution is -2.34. The van der Waals surface area contributed by atoms with E-state index in [0.717, 1.165) is 11.5 Å². The lowest BCUT2D eigenvalue weighted by molar-refractivity contribution is 0.443. The highest BCUT2D eigenvalue weighted by molar-refractivity contribution is 5.27. The lowest BCUT2D eigenvalue weighted by atomic mass is 9.84. The molecule has 5 N–H and O–H groups in total. The molecule has 1 aromatic carbocycles. The highest BCUT2D eigenvalue weighted by Gasteiger charge is 2.15. The van der Waals surface area contributed by atoms with Gasteiger partial charge in [0.15, 0.2) is 0 Å². The molecule has 3 heteroatoms. The van der Waals surface area contributed by atoms with E-state index >= 15 is 0 Å². The summed E-state index contributed by atoms with van der Waals surface area (Å²) in [5.41, 5.74) is 10.8. The second kappa shape index (κ2) is 5.43. The van der Waals surface area contributed by atoms with E-state index in [4.69, 9.17) is 11.6 Å². The number of nitrogens with two attached hydrogens (primary N) is 2. The summed E-state index contributed by atoms with van der Waals surface area (Å²) in [7, 11) is 0. The number of hydrazine groups is 1. The summed E-state index contributed by atoms with van der Waals surface area (Å²) in [5, 5.41) is 0.